The number of hydrogen-bond acceptors (Lipinski definition) is 5. The summed E-state index contributed by atoms with van der Waals surface area (Å²) in [7, 11) is 1.56. The molecule has 0 atom stereocenters. The van der Waals surface area contributed by atoms with Gasteiger partial charge >= 0.3 is 0 Å². The molecule has 36 heavy (non-hydrogen) atoms. The number of anilines is 2. The fourth-order valence-corrected chi connectivity index (χ4v) is 4.40. The molecular formula is C28H30FN3O3S. The third-order valence-electron chi connectivity index (χ3n) is 6.17. The molecule has 3 aromatic carbocycles. The first-order valence-electron chi connectivity index (χ1n) is 12.0. The molecule has 0 aromatic heterocycles. The summed E-state index contributed by atoms with van der Waals surface area (Å²) in [4.78, 5) is 17.4. The van der Waals surface area contributed by atoms with Crippen molar-refractivity contribution in [2.24, 2.45) is 0 Å². The van der Waals surface area contributed by atoms with Crippen molar-refractivity contribution >= 4 is 34.5 Å². The van der Waals surface area contributed by atoms with Crippen LogP contribution in [0, 0.1) is 5.82 Å². The van der Waals surface area contributed by atoms with Crippen LogP contribution in [0.15, 0.2) is 66.7 Å². The summed E-state index contributed by atoms with van der Waals surface area (Å²) in [5.41, 5.74) is 3.80. The molecule has 0 bridgehead atoms. The Hall–Kier alpha value is -3.65. The van der Waals surface area contributed by atoms with Gasteiger partial charge in [0.2, 0.25) is 0 Å². The second-order valence-corrected chi connectivity index (χ2v) is 8.90. The number of rotatable bonds is 8. The van der Waals surface area contributed by atoms with E-state index in [1.165, 1.54) is 17.7 Å². The summed E-state index contributed by atoms with van der Waals surface area (Å²) < 4.78 is 24.5. The van der Waals surface area contributed by atoms with Crippen LogP contribution in [0.5, 0.6) is 11.5 Å². The highest BCUT2D eigenvalue weighted by atomic mass is 32.1. The number of methoxy groups -OCH3 is 1. The Morgan fingerprint density at radius 2 is 1.67 bits per heavy atom. The van der Waals surface area contributed by atoms with Crippen LogP contribution in [0.4, 0.5) is 15.8 Å². The van der Waals surface area contributed by atoms with Crippen LogP contribution in [0.25, 0.3) is 0 Å². The minimum atomic E-state index is -0.250. The number of thiocarbonyl (C=S) groups is 1. The van der Waals surface area contributed by atoms with Crippen molar-refractivity contribution in [1.29, 1.82) is 0 Å². The van der Waals surface area contributed by atoms with E-state index in [1.807, 2.05) is 36.4 Å². The molecule has 4 rings (SSSR count). The predicted octanol–water partition coefficient (Wildman–Crippen LogP) is 4.91. The number of benzene rings is 3. The number of amides is 1. The Kier molecular flexibility index (Phi) is 8.38. The number of halogens is 1. The molecule has 3 aromatic rings. The van der Waals surface area contributed by atoms with Gasteiger partial charge in [-0.05, 0) is 66.6 Å². The molecule has 1 N–H and O–H groups in total. The van der Waals surface area contributed by atoms with E-state index in [9.17, 15) is 9.18 Å². The molecule has 0 saturated carbocycles. The lowest BCUT2D eigenvalue weighted by Gasteiger charge is -2.37. The quantitative estimate of drug-likeness (QED) is 0.437. The lowest BCUT2D eigenvalue weighted by molar-refractivity contribution is -0.118. The molecule has 0 aliphatic carbocycles. The predicted molar refractivity (Wildman–Crippen MR) is 145 cm³/mol. The average molecular weight is 508 g/mol. The van der Waals surface area contributed by atoms with Crippen molar-refractivity contribution in [3.8, 4) is 11.5 Å². The van der Waals surface area contributed by atoms with E-state index in [2.05, 4.69) is 22.0 Å². The van der Waals surface area contributed by atoms with Crippen LogP contribution < -0.4 is 19.7 Å². The van der Waals surface area contributed by atoms with Gasteiger partial charge in [-0.2, -0.15) is 0 Å². The first-order chi connectivity index (χ1) is 17.5. The van der Waals surface area contributed by atoms with Crippen molar-refractivity contribution in [1.82, 2.24) is 4.90 Å². The van der Waals surface area contributed by atoms with E-state index in [0.29, 0.717) is 11.5 Å². The SMILES string of the molecule is CCc1ccc(NC(=O)COc2ccc(C(=S)N3CCN(c4ccc(F)cc4)CC3)cc2OC)cc1. The first-order valence-corrected chi connectivity index (χ1v) is 12.4. The Labute approximate surface area is 216 Å². The fourth-order valence-electron chi connectivity index (χ4n) is 4.09. The first kappa shape index (κ1) is 25.4. The zero-order chi connectivity index (χ0) is 25.5. The highest BCUT2D eigenvalue weighted by molar-refractivity contribution is 7.80. The molecule has 1 fully saturated rings. The Morgan fingerprint density at radius 3 is 2.31 bits per heavy atom. The van der Waals surface area contributed by atoms with Crippen molar-refractivity contribution in [2.45, 2.75) is 13.3 Å². The summed E-state index contributed by atoms with van der Waals surface area (Å²) in [6.07, 6.45) is 0.947. The Bertz CT molecular complexity index is 1190. The average Bonchev–Trinajstić information content (AvgIpc) is 2.92. The molecule has 1 aliphatic heterocycles. The summed E-state index contributed by atoms with van der Waals surface area (Å²) in [6.45, 7) is 5.05. The third-order valence-corrected chi connectivity index (χ3v) is 6.67. The van der Waals surface area contributed by atoms with Crippen LogP contribution in [0.3, 0.4) is 0 Å². The van der Waals surface area contributed by atoms with Gasteiger partial charge < -0.3 is 24.6 Å². The molecule has 1 saturated heterocycles. The van der Waals surface area contributed by atoms with Crippen LogP contribution in [-0.2, 0) is 11.2 Å². The summed E-state index contributed by atoms with van der Waals surface area (Å²) in [6, 6.07) is 19.8. The minimum Gasteiger partial charge on any atom is -0.493 e. The molecule has 188 valence electrons. The van der Waals surface area contributed by atoms with Crippen molar-refractivity contribution in [3.63, 3.8) is 0 Å². The van der Waals surface area contributed by atoms with Gasteiger partial charge in [-0.3, -0.25) is 4.79 Å². The standard InChI is InChI=1S/C28H30FN3O3S/c1-3-20-4-9-23(10-5-20)30-27(33)19-35-25-13-6-21(18-26(25)34-2)28(36)32-16-14-31(15-17-32)24-11-7-22(29)8-12-24/h4-13,18H,3,14-17,19H2,1-2H3,(H,30,33). The van der Waals surface area contributed by atoms with Crippen LogP contribution in [-0.4, -0.2) is 55.7 Å². The maximum atomic E-state index is 13.2. The van der Waals surface area contributed by atoms with Gasteiger partial charge in [-0.1, -0.05) is 31.3 Å². The number of aryl methyl sites for hydroxylation is 1. The number of hydrogen-bond donors (Lipinski definition) is 1. The smallest absolute Gasteiger partial charge is 0.262 e. The van der Waals surface area contributed by atoms with Gasteiger partial charge in [0.25, 0.3) is 5.91 Å². The monoisotopic (exact) mass is 507 g/mol. The normalized spacial score (nSPS) is 13.3. The summed E-state index contributed by atoms with van der Waals surface area (Å²) in [5.74, 6) is 0.503. The van der Waals surface area contributed by atoms with E-state index in [4.69, 9.17) is 21.7 Å². The van der Waals surface area contributed by atoms with Crippen LogP contribution >= 0.6 is 12.2 Å². The summed E-state index contributed by atoms with van der Waals surface area (Å²) >= 11 is 5.76. The Morgan fingerprint density at radius 1 is 0.972 bits per heavy atom. The van der Waals surface area contributed by atoms with Gasteiger partial charge in [0.05, 0.1) is 7.11 Å². The van der Waals surface area contributed by atoms with Crippen molar-refractivity contribution < 1.29 is 18.7 Å². The second-order valence-electron chi connectivity index (χ2n) is 8.51. The summed E-state index contributed by atoms with van der Waals surface area (Å²) in [5, 5.41) is 2.84. The van der Waals surface area contributed by atoms with Crippen molar-refractivity contribution in [2.75, 3.05) is 50.1 Å². The van der Waals surface area contributed by atoms with Gasteiger partial charge in [-0.15, -0.1) is 0 Å². The largest absolute Gasteiger partial charge is 0.493 e. The van der Waals surface area contributed by atoms with E-state index in [-0.39, 0.29) is 18.3 Å². The number of carbonyl (C=O) groups is 1. The van der Waals surface area contributed by atoms with Crippen LogP contribution in [0.2, 0.25) is 0 Å². The highest BCUT2D eigenvalue weighted by Gasteiger charge is 2.21. The van der Waals surface area contributed by atoms with Crippen molar-refractivity contribution in [3.05, 3.63) is 83.7 Å². The molecule has 0 radical (unpaired) electrons. The highest BCUT2D eigenvalue weighted by Crippen LogP contribution is 2.29. The number of nitrogens with zero attached hydrogens (tertiary/aromatic N) is 2. The van der Waals surface area contributed by atoms with Crippen LogP contribution in [0.1, 0.15) is 18.1 Å². The minimum absolute atomic E-state index is 0.138. The molecule has 6 nitrogen and oxygen atoms in total. The second kappa shape index (κ2) is 11.9. The number of nitrogens with one attached hydrogen (secondary N) is 1. The topological polar surface area (TPSA) is 54.0 Å². The fraction of sp³-hybridized carbons (Fsp3) is 0.286. The molecule has 0 unspecified atom stereocenters. The molecule has 1 aliphatic rings. The molecule has 0 spiro atoms. The van der Waals surface area contributed by atoms with Gasteiger partial charge in [0, 0.05) is 43.1 Å². The lowest BCUT2D eigenvalue weighted by Crippen LogP contribution is -2.48. The molecule has 8 heteroatoms. The third kappa shape index (κ3) is 6.31. The zero-order valence-corrected chi connectivity index (χ0v) is 21.3. The molecular weight excluding hydrogens is 477 g/mol. The molecule has 1 heterocycles. The van der Waals surface area contributed by atoms with E-state index >= 15 is 0 Å². The maximum Gasteiger partial charge on any atom is 0.262 e. The number of piperazine rings is 1. The Balaban J connectivity index is 1.32. The lowest BCUT2D eigenvalue weighted by atomic mass is 10.1. The zero-order valence-electron chi connectivity index (χ0n) is 20.5. The number of ether oxygens (including phenoxy) is 2. The van der Waals surface area contributed by atoms with Gasteiger partial charge in [0.1, 0.15) is 10.8 Å². The maximum absolute atomic E-state index is 13.2. The van der Waals surface area contributed by atoms with E-state index in [0.717, 1.165) is 54.5 Å². The van der Waals surface area contributed by atoms with Gasteiger partial charge in [-0.25, -0.2) is 4.39 Å². The molecule has 1 amide bonds. The number of carbonyl (C=O) groups excluding carboxylic acids is 1. The van der Waals surface area contributed by atoms with E-state index in [1.54, 1.807) is 25.3 Å². The van der Waals surface area contributed by atoms with E-state index < -0.39 is 0 Å². The van der Waals surface area contributed by atoms with Gasteiger partial charge in [0.15, 0.2) is 18.1 Å².